The second kappa shape index (κ2) is 6.27. The smallest absolute Gasteiger partial charge is 0.258 e. The predicted molar refractivity (Wildman–Crippen MR) is 82.1 cm³/mol. The fourth-order valence-electron chi connectivity index (χ4n) is 1.79. The highest BCUT2D eigenvalue weighted by Gasteiger charge is 2.19. The Hall–Kier alpha value is -2.54. The van der Waals surface area contributed by atoms with Gasteiger partial charge in [-0.05, 0) is 24.3 Å². The van der Waals surface area contributed by atoms with Gasteiger partial charge in [0.25, 0.3) is 11.4 Å². The lowest BCUT2D eigenvalue weighted by molar-refractivity contribution is -0.385. The maximum atomic E-state index is 11.2. The molecule has 7 heteroatoms. The van der Waals surface area contributed by atoms with Crippen LogP contribution in [0.2, 0.25) is 0 Å². The molecule has 0 spiro atoms. The fraction of sp³-hybridized carbons (Fsp3) is 0. The molecule has 0 amide bonds. The van der Waals surface area contributed by atoms with Gasteiger partial charge in [0.15, 0.2) is 0 Å². The molecule has 0 bridgehead atoms. The normalized spacial score (nSPS) is 11.2. The van der Waals surface area contributed by atoms with Crippen LogP contribution >= 0.6 is 15.9 Å². The fourth-order valence-corrected chi connectivity index (χ4v) is 2.14. The first-order valence-electron chi connectivity index (χ1n) is 5.84. The summed E-state index contributed by atoms with van der Waals surface area (Å²) in [5, 5.41) is 22.3. The highest BCUT2D eigenvalue weighted by atomic mass is 79.9. The molecular formula is C14H9BrN2O4. The predicted octanol–water partition coefficient (Wildman–Crippen LogP) is 4.13. The molecule has 0 saturated carbocycles. The SMILES string of the molecule is O=[N+]([O-])/C(=C/c1ccc(Br)cc1[N+](=O)[O-])c1ccccc1. The summed E-state index contributed by atoms with van der Waals surface area (Å²) >= 11 is 3.15. The van der Waals surface area contributed by atoms with Crippen LogP contribution < -0.4 is 0 Å². The number of hydrogen-bond acceptors (Lipinski definition) is 4. The van der Waals surface area contributed by atoms with Crippen molar-refractivity contribution in [2.24, 2.45) is 0 Å². The summed E-state index contributed by atoms with van der Waals surface area (Å²) in [7, 11) is 0. The molecule has 6 nitrogen and oxygen atoms in total. The Bertz CT molecular complexity index is 729. The number of hydrogen-bond donors (Lipinski definition) is 0. The second-order valence-corrected chi connectivity index (χ2v) is 5.03. The molecule has 0 saturated heterocycles. The third kappa shape index (κ3) is 3.51. The van der Waals surface area contributed by atoms with Gasteiger partial charge in [0.2, 0.25) is 0 Å². The quantitative estimate of drug-likeness (QED) is 0.472. The van der Waals surface area contributed by atoms with E-state index in [-0.39, 0.29) is 16.9 Å². The van der Waals surface area contributed by atoms with E-state index in [9.17, 15) is 20.2 Å². The minimum Gasteiger partial charge on any atom is -0.258 e. The number of nitrogens with zero attached hydrogens (tertiary/aromatic N) is 2. The number of halogens is 1. The molecule has 0 unspecified atom stereocenters. The summed E-state index contributed by atoms with van der Waals surface area (Å²) in [6.07, 6.45) is 1.21. The van der Waals surface area contributed by atoms with Gasteiger partial charge >= 0.3 is 0 Å². The van der Waals surface area contributed by atoms with Gasteiger partial charge in [0.1, 0.15) is 0 Å². The van der Waals surface area contributed by atoms with Crippen molar-refractivity contribution in [3.05, 3.63) is 84.4 Å². The van der Waals surface area contributed by atoms with Crippen LogP contribution in [-0.4, -0.2) is 9.85 Å². The largest absolute Gasteiger partial charge is 0.277 e. The summed E-state index contributed by atoms with van der Waals surface area (Å²) in [6, 6.07) is 12.6. The molecular weight excluding hydrogens is 340 g/mol. The zero-order valence-electron chi connectivity index (χ0n) is 10.6. The molecule has 2 aromatic carbocycles. The van der Waals surface area contributed by atoms with Gasteiger partial charge in [0, 0.05) is 16.6 Å². The Morgan fingerprint density at radius 3 is 2.29 bits per heavy atom. The zero-order chi connectivity index (χ0) is 15.4. The van der Waals surface area contributed by atoms with Crippen LogP contribution in [0, 0.1) is 20.2 Å². The van der Waals surface area contributed by atoms with Crippen LogP contribution in [-0.2, 0) is 0 Å². The van der Waals surface area contributed by atoms with Crippen LogP contribution in [0.1, 0.15) is 11.1 Å². The minimum atomic E-state index is -0.570. The second-order valence-electron chi connectivity index (χ2n) is 4.11. The molecule has 2 aromatic rings. The summed E-state index contributed by atoms with van der Waals surface area (Å²) in [4.78, 5) is 21.1. The average Bonchev–Trinajstić information content (AvgIpc) is 2.46. The number of rotatable bonds is 4. The molecule has 0 N–H and O–H groups in total. The topological polar surface area (TPSA) is 86.3 Å². The van der Waals surface area contributed by atoms with E-state index in [1.54, 1.807) is 36.4 Å². The summed E-state index contributed by atoms with van der Waals surface area (Å²) in [5.74, 6) is 0. The van der Waals surface area contributed by atoms with Crippen molar-refractivity contribution < 1.29 is 9.85 Å². The van der Waals surface area contributed by atoms with Crippen molar-refractivity contribution in [3.63, 3.8) is 0 Å². The van der Waals surface area contributed by atoms with Crippen molar-refractivity contribution in [1.29, 1.82) is 0 Å². The zero-order valence-corrected chi connectivity index (χ0v) is 12.2. The van der Waals surface area contributed by atoms with Crippen molar-refractivity contribution in [1.82, 2.24) is 0 Å². The van der Waals surface area contributed by atoms with E-state index in [2.05, 4.69) is 15.9 Å². The van der Waals surface area contributed by atoms with Gasteiger partial charge in [0.05, 0.1) is 21.0 Å². The van der Waals surface area contributed by atoms with Crippen LogP contribution in [0.4, 0.5) is 5.69 Å². The van der Waals surface area contributed by atoms with Gasteiger partial charge in [-0.15, -0.1) is 0 Å². The lowest BCUT2D eigenvalue weighted by atomic mass is 10.1. The first-order chi connectivity index (χ1) is 9.99. The maximum absolute atomic E-state index is 11.2. The molecule has 0 heterocycles. The molecule has 0 aromatic heterocycles. The minimum absolute atomic E-state index is 0.179. The number of nitro groups is 2. The number of nitro benzene ring substituents is 1. The standard InChI is InChI=1S/C14H9BrN2O4/c15-12-7-6-11(14(9-12)17(20)21)8-13(16(18)19)10-4-2-1-3-5-10/h1-9H/b13-8+. The lowest BCUT2D eigenvalue weighted by Crippen LogP contribution is -1.99. The third-order valence-corrected chi connectivity index (χ3v) is 3.24. The average molecular weight is 349 g/mol. The molecule has 0 fully saturated rings. The van der Waals surface area contributed by atoms with E-state index in [4.69, 9.17) is 0 Å². The van der Waals surface area contributed by atoms with E-state index in [1.165, 1.54) is 18.2 Å². The van der Waals surface area contributed by atoms with Gasteiger partial charge in [-0.25, -0.2) is 0 Å². The highest BCUT2D eigenvalue weighted by molar-refractivity contribution is 9.10. The molecule has 0 aliphatic carbocycles. The first-order valence-corrected chi connectivity index (χ1v) is 6.64. The first kappa shape index (κ1) is 14.9. The van der Waals surface area contributed by atoms with Crippen molar-refractivity contribution in [2.45, 2.75) is 0 Å². The van der Waals surface area contributed by atoms with E-state index in [0.29, 0.717) is 10.0 Å². The Morgan fingerprint density at radius 1 is 1.05 bits per heavy atom. The van der Waals surface area contributed by atoms with Crippen molar-refractivity contribution >= 4 is 33.4 Å². The van der Waals surface area contributed by atoms with Crippen molar-refractivity contribution in [3.8, 4) is 0 Å². The van der Waals surface area contributed by atoms with Crippen LogP contribution in [0.5, 0.6) is 0 Å². The van der Waals surface area contributed by atoms with Crippen molar-refractivity contribution in [2.75, 3.05) is 0 Å². The van der Waals surface area contributed by atoms with Gasteiger partial charge in [-0.2, -0.15) is 0 Å². The lowest BCUT2D eigenvalue weighted by Gasteiger charge is -2.01. The van der Waals surface area contributed by atoms with E-state index in [0.717, 1.165) is 0 Å². The van der Waals surface area contributed by atoms with Gasteiger partial charge < -0.3 is 0 Å². The van der Waals surface area contributed by atoms with E-state index < -0.39 is 9.85 Å². The highest BCUT2D eigenvalue weighted by Crippen LogP contribution is 2.28. The summed E-state index contributed by atoms with van der Waals surface area (Å²) < 4.78 is 0.536. The van der Waals surface area contributed by atoms with Crippen LogP contribution in [0.3, 0.4) is 0 Å². The van der Waals surface area contributed by atoms with E-state index >= 15 is 0 Å². The molecule has 0 radical (unpaired) electrons. The molecule has 106 valence electrons. The summed E-state index contributed by atoms with van der Waals surface area (Å²) in [6.45, 7) is 0. The number of benzene rings is 2. The van der Waals surface area contributed by atoms with Gasteiger partial charge in [-0.3, -0.25) is 20.2 Å². The summed E-state index contributed by atoms with van der Waals surface area (Å²) in [5.41, 5.74) is 0.180. The van der Waals surface area contributed by atoms with Gasteiger partial charge in [-0.1, -0.05) is 34.1 Å². The van der Waals surface area contributed by atoms with E-state index in [1.807, 2.05) is 0 Å². The molecule has 0 aliphatic rings. The van der Waals surface area contributed by atoms with Crippen LogP contribution in [0.15, 0.2) is 53.0 Å². The molecule has 0 aliphatic heterocycles. The molecule has 21 heavy (non-hydrogen) atoms. The monoisotopic (exact) mass is 348 g/mol. The molecule has 0 atom stereocenters. The van der Waals surface area contributed by atoms with Crippen LogP contribution in [0.25, 0.3) is 11.8 Å². The Kier molecular flexibility index (Phi) is 4.44. The Balaban J connectivity index is 2.59. The Labute approximate surface area is 128 Å². The Morgan fingerprint density at radius 2 is 1.71 bits per heavy atom. The molecule has 2 rings (SSSR count). The maximum Gasteiger partial charge on any atom is 0.277 e. The third-order valence-electron chi connectivity index (χ3n) is 2.75.